The molecule has 2 heteroatoms. The van der Waals surface area contributed by atoms with Crippen molar-refractivity contribution in [3.63, 3.8) is 0 Å². The maximum Gasteiger partial charge on any atom is 0.0665 e. The summed E-state index contributed by atoms with van der Waals surface area (Å²) in [7, 11) is 0. The van der Waals surface area contributed by atoms with Gasteiger partial charge in [-0.25, -0.2) is 0 Å². The van der Waals surface area contributed by atoms with Gasteiger partial charge in [-0.3, -0.25) is 0 Å². The predicted octanol–water partition coefficient (Wildman–Crippen LogP) is 4.43. The molecule has 2 nitrogen and oxygen atoms in total. The molecule has 2 unspecified atom stereocenters. The molecule has 0 aromatic heterocycles. The normalized spacial score (nSPS) is 34.0. The predicted molar refractivity (Wildman–Crippen MR) is 84.0 cm³/mol. The number of nitrogens with one attached hydrogen (secondary N) is 1. The molecule has 0 bridgehead atoms. The monoisotopic (exact) mass is 279 g/mol. The molecule has 0 aromatic rings. The van der Waals surface area contributed by atoms with E-state index in [-0.39, 0.29) is 0 Å². The second-order valence-corrected chi connectivity index (χ2v) is 7.42. The van der Waals surface area contributed by atoms with Crippen LogP contribution in [0.25, 0.3) is 0 Å². The maximum absolute atomic E-state index is 6.59. The molecular formula is C18H33NO. The van der Waals surface area contributed by atoms with Gasteiger partial charge in [-0.15, -0.1) is 0 Å². The fourth-order valence-corrected chi connectivity index (χ4v) is 4.86. The molecule has 0 amide bonds. The van der Waals surface area contributed by atoms with E-state index in [2.05, 4.69) is 12.2 Å². The van der Waals surface area contributed by atoms with Crippen molar-refractivity contribution >= 4 is 0 Å². The van der Waals surface area contributed by atoms with Crippen molar-refractivity contribution in [2.75, 3.05) is 6.54 Å². The van der Waals surface area contributed by atoms with Gasteiger partial charge >= 0.3 is 0 Å². The van der Waals surface area contributed by atoms with Gasteiger partial charge < -0.3 is 10.1 Å². The minimum Gasteiger partial charge on any atom is -0.374 e. The molecule has 3 aliphatic carbocycles. The summed E-state index contributed by atoms with van der Waals surface area (Å²) in [5.74, 6) is 0. The Bertz CT molecular complexity index is 292. The average Bonchev–Trinajstić information content (AvgIpc) is 2.52. The Balaban J connectivity index is 1.58. The van der Waals surface area contributed by atoms with Crippen LogP contribution in [0.5, 0.6) is 0 Å². The maximum atomic E-state index is 6.59. The lowest BCUT2D eigenvalue weighted by Crippen LogP contribution is -2.65. The molecule has 1 spiro atoms. The Kier molecular flexibility index (Phi) is 5.04. The van der Waals surface area contributed by atoms with E-state index < -0.39 is 0 Å². The Morgan fingerprint density at radius 2 is 1.70 bits per heavy atom. The van der Waals surface area contributed by atoms with Crippen LogP contribution in [0.2, 0.25) is 0 Å². The zero-order valence-corrected chi connectivity index (χ0v) is 13.3. The lowest BCUT2D eigenvalue weighted by molar-refractivity contribution is -0.181. The van der Waals surface area contributed by atoms with Crippen LogP contribution in [-0.4, -0.2) is 24.8 Å². The second-order valence-electron chi connectivity index (χ2n) is 7.42. The zero-order valence-electron chi connectivity index (χ0n) is 13.3. The van der Waals surface area contributed by atoms with Gasteiger partial charge in [0.05, 0.1) is 12.2 Å². The lowest BCUT2D eigenvalue weighted by atomic mass is 9.55. The molecule has 1 N–H and O–H groups in total. The first kappa shape index (κ1) is 14.8. The number of hydrogen-bond donors (Lipinski definition) is 1. The van der Waals surface area contributed by atoms with Crippen molar-refractivity contribution in [1.82, 2.24) is 5.32 Å². The summed E-state index contributed by atoms with van der Waals surface area (Å²) >= 11 is 0. The number of ether oxygens (including phenoxy) is 1. The topological polar surface area (TPSA) is 21.3 Å². The summed E-state index contributed by atoms with van der Waals surface area (Å²) in [5.41, 5.74) is 0.505. The fourth-order valence-electron chi connectivity index (χ4n) is 4.86. The SMILES string of the molecule is CCCNC1CC(OC2CCCCC2)C12CCCCC2. The van der Waals surface area contributed by atoms with Gasteiger partial charge in [0.25, 0.3) is 0 Å². The molecular weight excluding hydrogens is 246 g/mol. The van der Waals surface area contributed by atoms with Crippen molar-refractivity contribution in [3.05, 3.63) is 0 Å². The first-order valence-electron chi connectivity index (χ1n) is 9.24. The lowest BCUT2D eigenvalue weighted by Gasteiger charge is -2.59. The highest BCUT2D eigenvalue weighted by Gasteiger charge is 2.55. The van der Waals surface area contributed by atoms with E-state index in [4.69, 9.17) is 4.74 Å². The van der Waals surface area contributed by atoms with E-state index in [0.29, 0.717) is 17.6 Å². The summed E-state index contributed by atoms with van der Waals surface area (Å²) in [6.07, 6.45) is 17.6. The molecule has 3 saturated carbocycles. The van der Waals surface area contributed by atoms with Gasteiger partial charge in [0.1, 0.15) is 0 Å². The van der Waals surface area contributed by atoms with Crippen LogP contribution in [-0.2, 0) is 4.74 Å². The first-order valence-corrected chi connectivity index (χ1v) is 9.24. The molecule has 20 heavy (non-hydrogen) atoms. The van der Waals surface area contributed by atoms with Gasteiger partial charge in [-0.2, -0.15) is 0 Å². The Morgan fingerprint density at radius 1 is 1.00 bits per heavy atom. The summed E-state index contributed by atoms with van der Waals surface area (Å²) < 4.78 is 6.59. The second kappa shape index (κ2) is 6.79. The summed E-state index contributed by atoms with van der Waals surface area (Å²) in [6.45, 7) is 3.46. The van der Waals surface area contributed by atoms with Gasteiger partial charge in [0, 0.05) is 11.5 Å². The summed E-state index contributed by atoms with van der Waals surface area (Å²) in [5, 5.41) is 3.82. The van der Waals surface area contributed by atoms with Crippen LogP contribution in [0.1, 0.15) is 84.0 Å². The smallest absolute Gasteiger partial charge is 0.0665 e. The minimum atomic E-state index is 0.505. The fraction of sp³-hybridized carbons (Fsp3) is 1.00. The van der Waals surface area contributed by atoms with Crippen molar-refractivity contribution in [1.29, 1.82) is 0 Å². The molecule has 0 heterocycles. The summed E-state index contributed by atoms with van der Waals surface area (Å²) in [6, 6.07) is 0.747. The third-order valence-corrected chi connectivity index (χ3v) is 6.12. The molecule has 0 aliphatic heterocycles. The van der Waals surface area contributed by atoms with E-state index in [1.807, 2.05) is 0 Å². The van der Waals surface area contributed by atoms with Crippen LogP contribution >= 0.6 is 0 Å². The average molecular weight is 279 g/mol. The Labute approximate surface area is 125 Å². The highest BCUT2D eigenvalue weighted by Crippen LogP contribution is 2.54. The van der Waals surface area contributed by atoms with Crippen molar-refractivity contribution < 1.29 is 4.74 Å². The van der Waals surface area contributed by atoms with Crippen LogP contribution in [0.15, 0.2) is 0 Å². The van der Waals surface area contributed by atoms with Gasteiger partial charge in [0.15, 0.2) is 0 Å². The standard InChI is InChI=1S/C18H33NO/c1-2-13-19-16-14-17(18(16)11-7-4-8-12-18)20-15-9-5-3-6-10-15/h15-17,19H,2-14H2,1H3. The Morgan fingerprint density at radius 3 is 2.40 bits per heavy atom. The van der Waals surface area contributed by atoms with Gasteiger partial charge in [-0.1, -0.05) is 45.4 Å². The molecule has 3 rings (SSSR count). The largest absolute Gasteiger partial charge is 0.374 e. The van der Waals surface area contributed by atoms with Crippen molar-refractivity contribution in [2.45, 2.75) is 102 Å². The van der Waals surface area contributed by atoms with E-state index >= 15 is 0 Å². The third kappa shape index (κ3) is 2.92. The number of hydrogen-bond acceptors (Lipinski definition) is 2. The van der Waals surface area contributed by atoms with E-state index in [1.54, 1.807) is 0 Å². The first-order chi connectivity index (χ1) is 9.85. The van der Waals surface area contributed by atoms with Gasteiger partial charge in [0.2, 0.25) is 0 Å². The Hall–Kier alpha value is -0.0800. The quantitative estimate of drug-likeness (QED) is 0.804. The number of rotatable bonds is 5. The molecule has 0 aromatic carbocycles. The summed E-state index contributed by atoms with van der Waals surface area (Å²) in [4.78, 5) is 0. The van der Waals surface area contributed by atoms with Crippen LogP contribution in [0, 0.1) is 5.41 Å². The molecule has 0 saturated heterocycles. The zero-order chi connectivity index (χ0) is 13.8. The molecule has 0 radical (unpaired) electrons. The van der Waals surface area contributed by atoms with Crippen molar-refractivity contribution in [2.24, 2.45) is 5.41 Å². The highest BCUT2D eigenvalue weighted by atomic mass is 16.5. The molecule has 3 aliphatic rings. The van der Waals surface area contributed by atoms with Crippen molar-refractivity contribution in [3.8, 4) is 0 Å². The van der Waals surface area contributed by atoms with Crippen LogP contribution in [0.3, 0.4) is 0 Å². The van der Waals surface area contributed by atoms with Crippen LogP contribution < -0.4 is 5.32 Å². The van der Waals surface area contributed by atoms with E-state index in [1.165, 1.54) is 83.6 Å². The third-order valence-electron chi connectivity index (χ3n) is 6.12. The van der Waals surface area contributed by atoms with Crippen LogP contribution in [0.4, 0.5) is 0 Å². The van der Waals surface area contributed by atoms with Gasteiger partial charge in [-0.05, 0) is 45.1 Å². The van der Waals surface area contributed by atoms with E-state index in [0.717, 1.165) is 6.04 Å². The van der Waals surface area contributed by atoms with E-state index in [9.17, 15) is 0 Å². The molecule has 3 fully saturated rings. The highest BCUT2D eigenvalue weighted by molar-refractivity contribution is 5.09. The minimum absolute atomic E-state index is 0.505. The molecule has 116 valence electrons. The molecule has 2 atom stereocenters.